The Labute approximate surface area is 85.6 Å². The van der Waals surface area contributed by atoms with Crippen molar-refractivity contribution >= 4 is 25.7 Å². The Morgan fingerprint density at radius 3 is 2.57 bits per heavy atom. The highest BCUT2D eigenvalue weighted by atomic mass is 28.2. The summed E-state index contributed by atoms with van der Waals surface area (Å²) < 4.78 is 0. The largest absolute Gasteiger partial charge is 0.428 e. The van der Waals surface area contributed by atoms with Gasteiger partial charge in [-0.25, -0.2) is 0 Å². The maximum atomic E-state index is 9.08. The van der Waals surface area contributed by atoms with Gasteiger partial charge in [-0.05, 0) is 21.5 Å². The van der Waals surface area contributed by atoms with Gasteiger partial charge in [-0.3, -0.25) is 0 Å². The molecule has 2 aromatic carbocycles. The van der Waals surface area contributed by atoms with Gasteiger partial charge in [0, 0.05) is 0 Å². The summed E-state index contributed by atoms with van der Waals surface area (Å²) >= 11 is 0. The minimum Gasteiger partial charge on any atom is -0.428 e. The Bertz CT molecular complexity index is 471. The van der Waals surface area contributed by atoms with E-state index in [1.807, 2.05) is 24.3 Å². The van der Waals surface area contributed by atoms with Crippen LogP contribution in [0.15, 0.2) is 49.0 Å². The van der Waals surface area contributed by atoms with Crippen LogP contribution in [0.2, 0.25) is 0 Å². The number of hydrogen-bond donors (Lipinski definition) is 1. The maximum absolute atomic E-state index is 9.08. The molecule has 0 fully saturated rings. The second-order valence-corrected chi connectivity index (χ2v) is 3.94. The van der Waals surface area contributed by atoms with Gasteiger partial charge in [-0.1, -0.05) is 49.0 Å². The van der Waals surface area contributed by atoms with Crippen molar-refractivity contribution in [3.8, 4) is 0 Å². The number of fused-ring (bicyclic) bond motifs is 1. The third-order valence-electron chi connectivity index (χ3n) is 2.25. The molecule has 68 valence electrons. The Morgan fingerprint density at radius 2 is 1.79 bits per heavy atom. The lowest BCUT2D eigenvalue weighted by atomic mass is 10.0. The van der Waals surface area contributed by atoms with Crippen LogP contribution in [0, 0.1) is 0 Å². The fourth-order valence-electron chi connectivity index (χ4n) is 1.55. The molecule has 0 spiro atoms. The molecule has 0 aliphatic carbocycles. The monoisotopic (exact) mass is 198 g/mol. The molecule has 0 unspecified atom stereocenters. The van der Waals surface area contributed by atoms with Gasteiger partial charge in [0.15, 0.2) is 0 Å². The van der Waals surface area contributed by atoms with Crippen molar-refractivity contribution in [2.75, 3.05) is 0 Å². The smallest absolute Gasteiger partial charge is 0.265 e. The molecular weight excluding hydrogens is 188 g/mol. The minimum atomic E-state index is -0.222. The molecule has 2 aromatic rings. The number of hydrogen-bond acceptors (Lipinski definition) is 1. The van der Waals surface area contributed by atoms with Crippen LogP contribution in [0.1, 0.15) is 5.56 Å². The van der Waals surface area contributed by atoms with Crippen molar-refractivity contribution in [2.45, 2.75) is 0 Å². The molecule has 0 heterocycles. The SMILES string of the molecule is C=C([Si]O)c1cccc2ccccc12. The van der Waals surface area contributed by atoms with E-state index in [2.05, 4.69) is 24.8 Å². The number of rotatable bonds is 2. The van der Waals surface area contributed by atoms with Crippen LogP contribution in [0.4, 0.5) is 0 Å². The summed E-state index contributed by atoms with van der Waals surface area (Å²) in [7, 11) is -0.222. The molecule has 0 aromatic heterocycles. The average molecular weight is 198 g/mol. The van der Waals surface area contributed by atoms with Gasteiger partial charge in [0.25, 0.3) is 9.76 Å². The molecule has 0 bridgehead atoms. The average Bonchev–Trinajstić information content (AvgIpc) is 2.27. The summed E-state index contributed by atoms with van der Waals surface area (Å²) in [6.45, 7) is 3.86. The molecule has 1 N–H and O–H groups in total. The molecule has 0 atom stereocenters. The van der Waals surface area contributed by atoms with Gasteiger partial charge in [0.05, 0.1) is 0 Å². The molecule has 0 saturated carbocycles. The van der Waals surface area contributed by atoms with Crippen LogP contribution in [-0.2, 0) is 0 Å². The van der Waals surface area contributed by atoms with Crippen molar-refractivity contribution in [3.05, 3.63) is 54.6 Å². The topological polar surface area (TPSA) is 20.2 Å². The lowest BCUT2D eigenvalue weighted by molar-refractivity contribution is 0.616. The lowest BCUT2D eigenvalue weighted by Crippen LogP contribution is -1.93. The van der Waals surface area contributed by atoms with E-state index in [1.165, 1.54) is 5.39 Å². The van der Waals surface area contributed by atoms with E-state index in [0.29, 0.717) is 0 Å². The normalized spacial score (nSPS) is 10.4. The summed E-state index contributed by atoms with van der Waals surface area (Å²) in [6.07, 6.45) is 0. The van der Waals surface area contributed by atoms with E-state index in [4.69, 9.17) is 4.80 Å². The molecule has 2 heteroatoms. The predicted octanol–water partition coefficient (Wildman–Crippen LogP) is 2.42. The summed E-state index contributed by atoms with van der Waals surface area (Å²) in [6, 6.07) is 14.2. The molecule has 2 rings (SSSR count). The first-order chi connectivity index (χ1) is 6.83. The second-order valence-electron chi connectivity index (χ2n) is 3.12. The first-order valence-electron chi connectivity index (χ1n) is 4.40. The van der Waals surface area contributed by atoms with Crippen LogP contribution < -0.4 is 0 Å². The van der Waals surface area contributed by atoms with Gasteiger partial charge in [-0.2, -0.15) is 0 Å². The Morgan fingerprint density at radius 1 is 1.07 bits per heavy atom. The highest BCUT2D eigenvalue weighted by Gasteiger charge is 2.03. The van der Waals surface area contributed by atoms with Crippen molar-refractivity contribution in [2.24, 2.45) is 0 Å². The van der Waals surface area contributed by atoms with Gasteiger partial charge in [-0.15, -0.1) is 0 Å². The molecule has 1 nitrogen and oxygen atoms in total. The molecule has 0 aliphatic rings. The zero-order valence-electron chi connectivity index (χ0n) is 7.70. The van der Waals surface area contributed by atoms with Crippen LogP contribution in [0.25, 0.3) is 16.0 Å². The van der Waals surface area contributed by atoms with E-state index in [-0.39, 0.29) is 9.76 Å². The summed E-state index contributed by atoms with van der Waals surface area (Å²) in [5.74, 6) is 0. The maximum Gasteiger partial charge on any atom is 0.265 e. The van der Waals surface area contributed by atoms with E-state index >= 15 is 0 Å². The summed E-state index contributed by atoms with van der Waals surface area (Å²) in [4.78, 5) is 9.08. The molecule has 2 radical (unpaired) electrons. The van der Waals surface area contributed by atoms with Gasteiger partial charge >= 0.3 is 0 Å². The summed E-state index contributed by atoms with van der Waals surface area (Å²) in [5.41, 5.74) is 1.05. The fourth-order valence-corrected chi connectivity index (χ4v) is 1.89. The van der Waals surface area contributed by atoms with E-state index in [1.54, 1.807) is 0 Å². The van der Waals surface area contributed by atoms with E-state index in [9.17, 15) is 0 Å². The zero-order valence-corrected chi connectivity index (χ0v) is 8.70. The van der Waals surface area contributed by atoms with Crippen LogP contribution in [0.5, 0.6) is 0 Å². The molecule has 0 aliphatic heterocycles. The molecule has 14 heavy (non-hydrogen) atoms. The van der Waals surface area contributed by atoms with Gasteiger partial charge < -0.3 is 4.80 Å². The lowest BCUT2D eigenvalue weighted by Gasteiger charge is -2.05. The minimum absolute atomic E-state index is 0.222. The highest BCUT2D eigenvalue weighted by Crippen LogP contribution is 2.22. The number of benzene rings is 2. The Hall–Kier alpha value is -1.38. The highest BCUT2D eigenvalue weighted by molar-refractivity contribution is 6.54. The van der Waals surface area contributed by atoms with Crippen molar-refractivity contribution < 1.29 is 4.80 Å². The van der Waals surface area contributed by atoms with Crippen molar-refractivity contribution in [3.63, 3.8) is 0 Å². The third-order valence-corrected chi connectivity index (χ3v) is 2.79. The first-order valence-corrected chi connectivity index (χ1v) is 5.35. The Kier molecular flexibility index (Phi) is 2.48. The summed E-state index contributed by atoms with van der Waals surface area (Å²) in [5, 5.41) is 3.13. The van der Waals surface area contributed by atoms with E-state index < -0.39 is 0 Å². The standard InChI is InChI=1S/C12H10OSi/c1-9(14-13)11-8-4-6-10-5-2-3-7-12(10)11/h2-8,13H,1H2. The van der Waals surface area contributed by atoms with Crippen LogP contribution >= 0.6 is 0 Å². The van der Waals surface area contributed by atoms with Gasteiger partial charge in [0.1, 0.15) is 0 Å². The molecule has 0 amide bonds. The van der Waals surface area contributed by atoms with Crippen molar-refractivity contribution in [1.29, 1.82) is 0 Å². The fraction of sp³-hybridized carbons (Fsp3) is 0. The van der Waals surface area contributed by atoms with Gasteiger partial charge in [0.2, 0.25) is 0 Å². The second kappa shape index (κ2) is 3.78. The third kappa shape index (κ3) is 1.50. The van der Waals surface area contributed by atoms with Crippen molar-refractivity contribution in [1.82, 2.24) is 0 Å². The van der Waals surface area contributed by atoms with Crippen LogP contribution in [-0.4, -0.2) is 14.6 Å². The Balaban J connectivity index is 2.71. The first kappa shape index (κ1) is 9.18. The quantitative estimate of drug-likeness (QED) is 0.735. The van der Waals surface area contributed by atoms with E-state index in [0.717, 1.165) is 16.1 Å². The van der Waals surface area contributed by atoms with Crippen LogP contribution in [0.3, 0.4) is 0 Å². The predicted molar refractivity (Wildman–Crippen MR) is 61.0 cm³/mol. The molecular formula is C12H10OSi. The zero-order chi connectivity index (χ0) is 9.97. The molecule has 0 saturated heterocycles.